The number of guanidine groups is 1. The Balaban J connectivity index is 0.00000392. The quantitative estimate of drug-likeness (QED) is 0.201. The van der Waals surface area contributed by atoms with Gasteiger partial charge in [0.15, 0.2) is 17.5 Å². The summed E-state index contributed by atoms with van der Waals surface area (Å²) in [5.74, 6) is 1.36. The van der Waals surface area contributed by atoms with Gasteiger partial charge in [0.1, 0.15) is 0 Å². The van der Waals surface area contributed by atoms with E-state index in [9.17, 15) is 5.11 Å². The highest BCUT2D eigenvalue weighted by atomic mass is 127. The predicted molar refractivity (Wildman–Crippen MR) is 124 cm³/mol. The third-order valence-electron chi connectivity index (χ3n) is 3.74. The van der Waals surface area contributed by atoms with Gasteiger partial charge in [-0.1, -0.05) is 36.4 Å². The molecule has 0 radical (unpaired) electrons. The zero-order valence-corrected chi connectivity index (χ0v) is 18.8. The number of phenols is 1. The molecule has 0 saturated heterocycles. The highest BCUT2D eigenvalue weighted by molar-refractivity contribution is 14.0. The summed E-state index contributed by atoms with van der Waals surface area (Å²) in [5.41, 5.74) is 2.13. The molecule has 0 bridgehead atoms. The van der Waals surface area contributed by atoms with Gasteiger partial charge < -0.3 is 25.2 Å². The Morgan fingerprint density at radius 1 is 1.04 bits per heavy atom. The van der Waals surface area contributed by atoms with Gasteiger partial charge in [-0.25, -0.2) is 4.99 Å². The van der Waals surface area contributed by atoms with Crippen LogP contribution in [0.25, 0.3) is 0 Å². The first-order valence-electron chi connectivity index (χ1n) is 9.31. The van der Waals surface area contributed by atoms with Crippen molar-refractivity contribution >= 4 is 29.9 Å². The molecule has 2 aromatic rings. The number of aliphatic imine (C=N–C) groups is 1. The molecular formula is C21H30IN3O3. The van der Waals surface area contributed by atoms with E-state index in [4.69, 9.17) is 9.47 Å². The number of rotatable bonds is 10. The van der Waals surface area contributed by atoms with Crippen molar-refractivity contribution in [2.45, 2.75) is 27.0 Å². The molecule has 0 atom stereocenters. The molecular weight excluding hydrogens is 469 g/mol. The van der Waals surface area contributed by atoms with E-state index in [1.54, 1.807) is 6.07 Å². The zero-order chi connectivity index (χ0) is 19.3. The Labute approximate surface area is 184 Å². The Bertz CT molecular complexity index is 711. The SMILES string of the molecule is CCNC(=NCc1ccc(O)c(OCC)c1)NCCOCc1ccccc1.I. The Hall–Kier alpha value is -2.00. The number of aromatic hydroxyl groups is 1. The van der Waals surface area contributed by atoms with Gasteiger partial charge in [0, 0.05) is 13.1 Å². The summed E-state index contributed by atoms with van der Waals surface area (Å²) in [4.78, 5) is 4.57. The highest BCUT2D eigenvalue weighted by Gasteiger charge is 2.04. The number of ether oxygens (including phenoxy) is 2. The normalized spacial score (nSPS) is 10.9. The van der Waals surface area contributed by atoms with Crippen LogP contribution >= 0.6 is 24.0 Å². The third kappa shape index (κ3) is 8.79. The van der Waals surface area contributed by atoms with Crippen LogP contribution in [0.15, 0.2) is 53.5 Å². The number of benzene rings is 2. The molecule has 2 rings (SSSR count). The van der Waals surface area contributed by atoms with Crippen LogP contribution < -0.4 is 15.4 Å². The average Bonchev–Trinajstić information content (AvgIpc) is 2.69. The maximum atomic E-state index is 9.78. The number of hydrogen-bond donors (Lipinski definition) is 3. The van der Waals surface area contributed by atoms with Crippen molar-refractivity contribution in [1.82, 2.24) is 10.6 Å². The molecule has 6 nitrogen and oxygen atoms in total. The number of hydrogen-bond acceptors (Lipinski definition) is 4. The second-order valence-electron chi connectivity index (χ2n) is 5.90. The van der Waals surface area contributed by atoms with Crippen LogP contribution in [0.4, 0.5) is 0 Å². The predicted octanol–water partition coefficient (Wildman–Crippen LogP) is 3.68. The first-order valence-corrected chi connectivity index (χ1v) is 9.31. The van der Waals surface area contributed by atoms with Gasteiger partial charge in [0.25, 0.3) is 0 Å². The van der Waals surface area contributed by atoms with Gasteiger partial charge in [-0.05, 0) is 37.1 Å². The van der Waals surface area contributed by atoms with E-state index in [1.165, 1.54) is 0 Å². The average molecular weight is 499 g/mol. The Morgan fingerprint density at radius 3 is 2.54 bits per heavy atom. The summed E-state index contributed by atoms with van der Waals surface area (Å²) in [6.45, 7) is 7.54. The van der Waals surface area contributed by atoms with Crippen LogP contribution in [-0.4, -0.2) is 37.4 Å². The minimum absolute atomic E-state index is 0. The second-order valence-corrected chi connectivity index (χ2v) is 5.90. The first-order chi connectivity index (χ1) is 13.2. The number of phenolic OH excluding ortho intramolecular Hbond substituents is 1. The summed E-state index contributed by atoms with van der Waals surface area (Å²) in [6.07, 6.45) is 0. The molecule has 0 amide bonds. The van der Waals surface area contributed by atoms with Crippen molar-refractivity contribution in [3.05, 3.63) is 59.7 Å². The summed E-state index contributed by atoms with van der Waals surface area (Å²) < 4.78 is 11.1. The van der Waals surface area contributed by atoms with Gasteiger partial charge in [-0.3, -0.25) is 0 Å². The summed E-state index contributed by atoms with van der Waals surface area (Å²) in [7, 11) is 0. The lowest BCUT2D eigenvalue weighted by Crippen LogP contribution is -2.38. The van der Waals surface area contributed by atoms with Crippen molar-refractivity contribution in [2.24, 2.45) is 4.99 Å². The van der Waals surface area contributed by atoms with Gasteiger partial charge in [0.2, 0.25) is 0 Å². The van der Waals surface area contributed by atoms with Crippen molar-refractivity contribution in [3.8, 4) is 11.5 Å². The molecule has 28 heavy (non-hydrogen) atoms. The van der Waals surface area contributed by atoms with Crippen LogP contribution in [0.2, 0.25) is 0 Å². The standard InChI is InChI=1S/C21H29N3O3.HI/c1-3-22-21(23-12-13-26-16-17-8-6-5-7-9-17)24-15-18-10-11-19(25)20(14-18)27-4-2;/h5-11,14,25H,3-4,12-13,15-16H2,1-2H3,(H2,22,23,24);1H. The minimum atomic E-state index is 0. The van der Waals surface area contributed by atoms with Gasteiger partial charge >= 0.3 is 0 Å². The first kappa shape index (κ1) is 24.0. The molecule has 0 aliphatic rings. The fourth-order valence-corrected chi connectivity index (χ4v) is 2.45. The van der Waals surface area contributed by atoms with Gasteiger partial charge in [-0.15, -0.1) is 24.0 Å². The smallest absolute Gasteiger partial charge is 0.191 e. The van der Waals surface area contributed by atoms with Gasteiger partial charge in [-0.2, -0.15) is 0 Å². The lowest BCUT2D eigenvalue weighted by Gasteiger charge is -2.12. The molecule has 0 unspecified atom stereocenters. The van der Waals surface area contributed by atoms with E-state index in [0.29, 0.717) is 38.7 Å². The van der Waals surface area contributed by atoms with E-state index < -0.39 is 0 Å². The van der Waals surface area contributed by atoms with Crippen LogP contribution in [0, 0.1) is 0 Å². The fraction of sp³-hybridized carbons (Fsp3) is 0.381. The summed E-state index contributed by atoms with van der Waals surface area (Å²) >= 11 is 0. The molecule has 0 aliphatic carbocycles. The summed E-state index contributed by atoms with van der Waals surface area (Å²) in [6, 6.07) is 15.4. The topological polar surface area (TPSA) is 75.1 Å². The molecule has 154 valence electrons. The highest BCUT2D eigenvalue weighted by Crippen LogP contribution is 2.27. The van der Waals surface area contributed by atoms with Crippen molar-refractivity contribution in [3.63, 3.8) is 0 Å². The number of halogens is 1. The van der Waals surface area contributed by atoms with Crippen molar-refractivity contribution in [1.29, 1.82) is 0 Å². The molecule has 0 fully saturated rings. The molecule has 0 heterocycles. The third-order valence-corrected chi connectivity index (χ3v) is 3.74. The van der Waals surface area contributed by atoms with E-state index >= 15 is 0 Å². The maximum Gasteiger partial charge on any atom is 0.191 e. The molecule has 0 spiro atoms. The van der Waals surface area contributed by atoms with E-state index in [-0.39, 0.29) is 29.7 Å². The van der Waals surface area contributed by atoms with Crippen molar-refractivity contribution < 1.29 is 14.6 Å². The minimum Gasteiger partial charge on any atom is -0.504 e. The molecule has 0 aromatic heterocycles. The fourth-order valence-electron chi connectivity index (χ4n) is 2.45. The Kier molecular flexibility index (Phi) is 12.1. The molecule has 0 aliphatic heterocycles. The lowest BCUT2D eigenvalue weighted by atomic mass is 10.2. The number of nitrogens with zero attached hydrogens (tertiary/aromatic N) is 1. The molecule has 2 aromatic carbocycles. The number of nitrogens with one attached hydrogen (secondary N) is 2. The lowest BCUT2D eigenvalue weighted by molar-refractivity contribution is 0.125. The van der Waals surface area contributed by atoms with Crippen LogP contribution in [0.3, 0.4) is 0 Å². The van der Waals surface area contributed by atoms with Crippen LogP contribution in [-0.2, 0) is 17.9 Å². The zero-order valence-electron chi connectivity index (χ0n) is 16.5. The monoisotopic (exact) mass is 499 g/mol. The van der Waals surface area contributed by atoms with E-state index in [2.05, 4.69) is 15.6 Å². The van der Waals surface area contributed by atoms with Crippen molar-refractivity contribution in [2.75, 3.05) is 26.3 Å². The Morgan fingerprint density at radius 2 is 1.82 bits per heavy atom. The van der Waals surface area contributed by atoms with Crippen LogP contribution in [0.5, 0.6) is 11.5 Å². The largest absolute Gasteiger partial charge is 0.504 e. The maximum absolute atomic E-state index is 9.78. The summed E-state index contributed by atoms with van der Waals surface area (Å²) in [5, 5.41) is 16.3. The van der Waals surface area contributed by atoms with Gasteiger partial charge in [0.05, 0.1) is 26.4 Å². The van der Waals surface area contributed by atoms with Crippen LogP contribution in [0.1, 0.15) is 25.0 Å². The molecule has 3 N–H and O–H groups in total. The second kappa shape index (κ2) is 14.1. The molecule has 7 heteroatoms. The van der Waals surface area contributed by atoms with E-state index in [0.717, 1.165) is 23.6 Å². The van der Waals surface area contributed by atoms with E-state index in [1.807, 2.05) is 56.3 Å². The molecule has 0 saturated carbocycles.